The van der Waals surface area contributed by atoms with Gasteiger partial charge in [-0.25, -0.2) is 13.2 Å². The lowest BCUT2D eigenvalue weighted by molar-refractivity contribution is -0.169. The fraction of sp³-hybridized carbons (Fsp3) is 0.611. The lowest BCUT2D eigenvalue weighted by Crippen LogP contribution is -2.58. The number of nitrogens with zero attached hydrogens (tertiary/aromatic N) is 2. The third-order valence-electron chi connectivity index (χ3n) is 5.73. The van der Waals surface area contributed by atoms with Crippen LogP contribution in [0.3, 0.4) is 0 Å². The van der Waals surface area contributed by atoms with Gasteiger partial charge in [0.25, 0.3) is 5.92 Å². The van der Waals surface area contributed by atoms with Gasteiger partial charge in [-0.3, -0.25) is 4.79 Å². The van der Waals surface area contributed by atoms with Crippen molar-refractivity contribution in [2.75, 3.05) is 31.1 Å². The van der Waals surface area contributed by atoms with E-state index in [1.54, 1.807) is 17.0 Å². The quantitative estimate of drug-likeness (QED) is 0.826. The van der Waals surface area contributed by atoms with Crippen molar-refractivity contribution < 1.29 is 18.0 Å². The van der Waals surface area contributed by atoms with E-state index in [-0.39, 0.29) is 43.7 Å². The smallest absolute Gasteiger partial charge is 0.258 e. The van der Waals surface area contributed by atoms with Crippen molar-refractivity contribution in [2.24, 2.45) is 11.3 Å². The molecule has 3 fully saturated rings. The van der Waals surface area contributed by atoms with E-state index in [1.807, 2.05) is 4.90 Å². The number of carbonyl (C=O) groups excluding carboxylic acids is 1. The molecule has 1 amide bonds. The van der Waals surface area contributed by atoms with E-state index < -0.39 is 11.3 Å². The van der Waals surface area contributed by atoms with Crippen molar-refractivity contribution in [3.05, 3.63) is 30.1 Å². The molecule has 2 heterocycles. The zero-order valence-corrected chi connectivity index (χ0v) is 13.5. The first-order chi connectivity index (χ1) is 11.4. The van der Waals surface area contributed by atoms with Gasteiger partial charge in [-0.15, -0.1) is 0 Å². The molecule has 0 unspecified atom stereocenters. The highest BCUT2D eigenvalue weighted by Gasteiger charge is 2.60. The summed E-state index contributed by atoms with van der Waals surface area (Å²) in [7, 11) is 0. The molecule has 24 heavy (non-hydrogen) atoms. The SMILES string of the molecule is O=C(C1CC1)N1CCC(F)(F)[C@@]2(CCN(c3cccc(F)c3)C2)C1. The van der Waals surface area contributed by atoms with Crippen LogP contribution < -0.4 is 4.90 Å². The molecular weight excluding hydrogens is 317 g/mol. The molecule has 0 N–H and O–H groups in total. The average Bonchev–Trinajstić information content (AvgIpc) is 3.30. The number of alkyl halides is 2. The number of carbonyl (C=O) groups is 1. The van der Waals surface area contributed by atoms with Gasteiger partial charge < -0.3 is 9.80 Å². The van der Waals surface area contributed by atoms with E-state index >= 15 is 0 Å². The fourth-order valence-electron chi connectivity index (χ4n) is 4.07. The van der Waals surface area contributed by atoms with Crippen LogP contribution in [0.2, 0.25) is 0 Å². The Morgan fingerprint density at radius 1 is 1.12 bits per heavy atom. The molecule has 2 aliphatic heterocycles. The van der Waals surface area contributed by atoms with Crippen LogP contribution in [0.25, 0.3) is 0 Å². The predicted molar refractivity (Wildman–Crippen MR) is 84.5 cm³/mol. The molecule has 4 rings (SSSR count). The molecule has 130 valence electrons. The maximum absolute atomic E-state index is 14.7. The van der Waals surface area contributed by atoms with E-state index in [2.05, 4.69) is 0 Å². The third kappa shape index (κ3) is 2.56. The Morgan fingerprint density at radius 2 is 1.92 bits per heavy atom. The highest BCUT2D eigenvalue weighted by Crippen LogP contribution is 2.51. The molecular formula is C18H21F3N2O. The Hall–Kier alpha value is -1.72. The lowest BCUT2D eigenvalue weighted by atomic mass is 9.75. The molecule has 1 aromatic rings. The molecule has 6 heteroatoms. The number of anilines is 1. The third-order valence-corrected chi connectivity index (χ3v) is 5.73. The topological polar surface area (TPSA) is 23.6 Å². The molecule has 0 bridgehead atoms. The Balaban J connectivity index is 1.56. The highest BCUT2D eigenvalue weighted by molar-refractivity contribution is 5.81. The summed E-state index contributed by atoms with van der Waals surface area (Å²) in [5.41, 5.74) is -0.587. The summed E-state index contributed by atoms with van der Waals surface area (Å²) in [6.07, 6.45) is 1.82. The summed E-state index contributed by atoms with van der Waals surface area (Å²) in [6, 6.07) is 6.07. The second kappa shape index (κ2) is 5.39. The fourth-order valence-corrected chi connectivity index (χ4v) is 4.07. The first-order valence-corrected chi connectivity index (χ1v) is 8.57. The van der Waals surface area contributed by atoms with E-state index in [9.17, 15) is 18.0 Å². The van der Waals surface area contributed by atoms with Crippen LogP contribution in [0.5, 0.6) is 0 Å². The molecule has 1 atom stereocenters. The van der Waals surface area contributed by atoms with E-state index in [1.165, 1.54) is 12.1 Å². The lowest BCUT2D eigenvalue weighted by Gasteiger charge is -2.46. The number of benzene rings is 1. The Kier molecular flexibility index (Phi) is 3.55. The summed E-state index contributed by atoms with van der Waals surface area (Å²) in [4.78, 5) is 15.8. The standard InChI is InChI=1S/C18H21F3N2O/c19-14-2-1-3-15(10-14)22-8-6-17(11-22)12-23(9-7-18(17,20)21)16(24)13-4-5-13/h1-3,10,13H,4-9,11-12H2/t17-/m1/s1. The molecule has 0 aromatic heterocycles. The van der Waals surface area contributed by atoms with Crippen LogP contribution in [-0.2, 0) is 4.79 Å². The summed E-state index contributed by atoms with van der Waals surface area (Å²) in [5.74, 6) is -3.08. The molecule has 2 saturated heterocycles. The normalized spacial score (nSPS) is 29.3. The average molecular weight is 338 g/mol. The maximum Gasteiger partial charge on any atom is 0.258 e. The van der Waals surface area contributed by atoms with Gasteiger partial charge in [-0.05, 0) is 37.5 Å². The minimum Gasteiger partial charge on any atom is -0.371 e. The van der Waals surface area contributed by atoms with Crippen LogP contribution in [0.4, 0.5) is 18.9 Å². The number of hydrogen-bond donors (Lipinski definition) is 0. The zero-order chi connectivity index (χ0) is 16.9. The van der Waals surface area contributed by atoms with Crippen molar-refractivity contribution in [3.63, 3.8) is 0 Å². The summed E-state index contributed by atoms with van der Waals surface area (Å²) >= 11 is 0. The number of likely N-dealkylation sites (tertiary alicyclic amines) is 1. The molecule has 1 spiro atoms. The minimum atomic E-state index is -2.80. The number of hydrogen-bond acceptors (Lipinski definition) is 2. The first kappa shape index (κ1) is 15.8. The molecule has 1 aromatic carbocycles. The zero-order valence-electron chi connectivity index (χ0n) is 13.5. The number of halogens is 3. The first-order valence-electron chi connectivity index (χ1n) is 8.57. The van der Waals surface area contributed by atoms with E-state index in [0.29, 0.717) is 18.7 Å². The van der Waals surface area contributed by atoms with Gasteiger partial charge in [-0.2, -0.15) is 0 Å². The van der Waals surface area contributed by atoms with Crippen molar-refractivity contribution >= 4 is 11.6 Å². The second-order valence-electron chi connectivity index (χ2n) is 7.42. The second-order valence-corrected chi connectivity index (χ2v) is 7.42. The van der Waals surface area contributed by atoms with Gasteiger partial charge >= 0.3 is 0 Å². The summed E-state index contributed by atoms with van der Waals surface area (Å²) in [5, 5.41) is 0. The molecule has 0 radical (unpaired) electrons. The highest BCUT2D eigenvalue weighted by atomic mass is 19.3. The molecule has 1 aliphatic carbocycles. The monoisotopic (exact) mass is 338 g/mol. The number of amides is 1. The summed E-state index contributed by atoms with van der Waals surface area (Å²) < 4.78 is 42.9. The van der Waals surface area contributed by atoms with Gasteiger partial charge in [0.15, 0.2) is 0 Å². The molecule has 3 nitrogen and oxygen atoms in total. The number of rotatable bonds is 2. The summed E-state index contributed by atoms with van der Waals surface area (Å²) in [6.45, 7) is 0.883. The van der Waals surface area contributed by atoms with Crippen LogP contribution in [0, 0.1) is 17.2 Å². The van der Waals surface area contributed by atoms with Gasteiger partial charge in [0.1, 0.15) is 5.82 Å². The maximum atomic E-state index is 14.7. The minimum absolute atomic E-state index is 0.0362. The van der Waals surface area contributed by atoms with Crippen molar-refractivity contribution in [1.29, 1.82) is 0 Å². The Bertz CT molecular complexity index is 661. The van der Waals surface area contributed by atoms with Crippen LogP contribution in [0.1, 0.15) is 25.7 Å². The van der Waals surface area contributed by atoms with Crippen LogP contribution in [0.15, 0.2) is 24.3 Å². The molecule has 1 saturated carbocycles. The van der Waals surface area contributed by atoms with Gasteiger partial charge in [0, 0.05) is 44.2 Å². The Labute approximate surface area is 139 Å². The Morgan fingerprint density at radius 3 is 2.62 bits per heavy atom. The largest absolute Gasteiger partial charge is 0.371 e. The number of piperidine rings is 1. The van der Waals surface area contributed by atoms with E-state index in [4.69, 9.17) is 0 Å². The van der Waals surface area contributed by atoms with Crippen molar-refractivity contribution in [2.45, 2.75) is 31.6 Å². The van der Waals surface area contributed by atoms with Gasteiger partial charge in [-0.1, -0.05) is 6.07 Å². The van der Waals surface area contributed by atoms with E-state index in [0.717, 1.165) is 12.8 Å². The molecule has 3 aliphatic rings. The van der Waals surface area contributed by atoms with Crippen molar-refractivity contribution in [3.8, 4) is 0 Å². The predicted octanol–water partition coefficient (Wildman–Crippen LogP) is 3.30. The van der Waals surface area contributed by atoms with Crippen molar-refractivity contribution in [1.82, 2.24) is 4.90 Å². The van der Waals surface area contributed by atoms with Gasteiger partial charge in [0.2, 0.25) is 5.91 Å². The van der Waals surface area contributed by atoms with Crippen LogP contribution >= 0.6 is 0 Å². The van der Waals surface area contributed by atoms with Gasteiger partial charge in [0.05, 0.1) is 5.41 Å². The van der Waals surface area contributed by atoms with Crippen LogP contribution in [-0.4, -0.2) is 42.9 Å².